The number of benzene rings is 1. The third-order valence-electron chi connectivity index (χ3n) is 2.68. The molecule has 6 nitrogen and oxygen atoms in total. The standard InChI is InChI=1S/C12H13ClN2O4S2/c1-18-9-4-3-8(10(5-9)19-2)7-15(21(16)17)12-14-6-11(13)20-12/h3-6H,7H2,1-2H3,(H,16,17). The van der Waals surface area contributed by atoms with Crippen LogP contribution in [0.3, 0.4) is 0 Å². The molecule has 2 aromatic rings. The van der Waals surface area contributed by atoms with Gasteiger partial charge in [0.15, 0.2) is 0 Å². The van der Waals surface area contributed by atoms with Crippen LogP contribution < -0.4 is 13.8 Å². The smallest absolute Gasteiger partial charge is 0.264 e. The van der Waals surface area contributed by atoms with Crippen LogP contribution in [0.15, 0.2) is 24.4 Å². The monoisotopic (exact) mass is 348 g/mol. The van der Waals surface area contributed by atoms with Crippen LogP contribution in [0.25, 0.3) is 0 Å². The predicted molar refractivity (Wildman–Crippen MR) is 83.6 cm³/mol. The summed E-state index contributed by atoms with van der Waals surface area (Å²) >= 11 is 4.72. The highest BCUT2D eigenvalue weighted by molar-refractivity contribution is 7.81. The fraction of sp³-hybridized carbons (Fsp3) is 0.250. The van der Waals surface area contributed by atoms with Gasteiger partial charge in [-0.3, -0.25) is 4.55 Å². The number of hydrogen-bond donors (Lipinski definition) is 1. The van der Waals surface area contributed by atoms with Gasteiger partial charge in [0, 0.05) is 11.6 Å². The maximum absolute atomic E-state index is 11.5. The van der Waals surface area contributed by atoms with Crippen molar-refractivity contribution in [1.82, 2.24) is 4.98 Å². The second-order valence-corrected chi connectivity index (χ2v) is 6.43. The summed E-state index contributed by atoms with van der Waals surface area (Å²) in [7, 11) is 3.08. The minimum Gasteiger partial charge on any atom is -0.497 e. The molecule has 1 heterocycles. The van der Waals surface area contributed by atoms with Crippen LogP contribution in [-0.4, -0.2) is 28.0 Å². The number of nitrogens with zero attached hydrogens (tertiary/aromatic N) is 2. The summed E-state index contributed by atoms with van der Waals surface area (Å²) in [5, 5.41) is 0.360. The van der Waals surface area contributed by atoms with Gasteiger partial charge in [0.25, 0.3) is 11.3 Å². The van der Waals surface area contributed by atoms with Crippen LogP contribution in [0.5, 0.6) is 11.5 Å². The Labute approximate surface area is 133 Å². The predicted octanol–water partition coefficient (Wildman–Crippen LogP) is 2.96. The second kappa shape index (κ2) is 7.08. The Kier molecular flexibility index (Phi) is 5.40. The number of thiazole rings is 1. The fourth-order valence-corrected chi connectivity index (χ4v) is 3.23. The Bertz CT molecular complexity index is 650. The highest BCUT2D eigenvalue weighted by Gasteiger charge is 2.19. The van der Waals surface area contributed by atoms with E-state index >= 15 is 0 Å². The van der Waals surface area contributed by atoms with Gasteiger partial charge < -0.3 is 9.47 Å². The van der Waals surface area contributed by atoms with E-state index in [-0.39, 0.29) is 6.54 Å². The van der Waals surface area contributed by atoms with Crippen molar-refractivity contribution < 1.29 is 18.2 Å². The van der Waals surface area contributed by atoms with E-state index in [1.54, 1.807) is 25.3 Å². The summed E-state index contributed by atoms with van der Waals surface area (Å²) in [6.45, 7) is 0.153. The van der Waals surface area contributed by atoms with Crippen molar-refractivity contribution in [2.24, 2.45) is 0 Å². The molecule has 2 rings (SSSR count). The van der Waals surface area contributed by atoms with E-state index in [2.05, 4.69) is 4.98 Å². The zero-order valence-electron chi connectivity index (χ0n) is 11.3. The van der Waals surface area contributed by atoms with Gasteiger partial charge in [0.05, 0.1) is 27.0 Å². The number of methoxy groups -OCH3 is 2. The highest BCUT2D eigenvalue weighted by Crippen LogP contribution is 2.31. The third kappa shape index (κ3) is 3.85. The summed E-state index contributed by atoms with van der Waals surface area (Å²) in [5.41, 5.74) is 0.729. The molecule has 21 heavy (non-hydrogen) atoms. The zero-order chi connectivity index (χ0) is 15.4. The van der Waals surface area contributed by atoms with Crippen molar-refractivity contribution in [3.63, 3.8) is 0 Å². The van der Waals surface area contributed by atoms with Crippen LogP contribution in [0, 0.1) is 0 Å². The van der Waals surface area contributed by atoms with E-state index in [0.717, 1.165) is 16.9 Å². The molecular formula is C12H13ClN2O4S2. The van der Waals surface area contributed by atoms with Crippen molar-refractivity contribution in [1.29, 1.82) is 0 Å². The van der Waals surface area contributed by atoms with Crippen LogP contribution in [-0.2, 0) is 17.8 Å². The molecule has 1 aromatic carbocycles. The Balaban J connectivity index is 2.31. The first-order chi connectivity index (χ1) is 10.0. The van der Waals surface area contributed by atoms with Crippen molar-refractivity contribution in [2.45, 2.75) is 6.54 Å². The summed E-state index contributed by atoms with van der Waals surface area (Å²) < 4.78 is 33.1. The summed E-state index contributed by atoms with van der Waals surface area (Å²) in [6.07, 6.45) is 1.44. The Hall–Kier alpha value is -1.35. The van der Waals surface area contributed by atoms with Gasteiger partial charge in [-0.1, -0.05) is 22.9 Å². The topological polar surface area (TPSA) is 71.9 Å². The Morgan fingerprint density at radius 1 is 1.43 bits per heavy atom. The van der Waals surface area contributed by atoms with E-state index < -0.39 is 11.3 Å². The van der Waals surface area contributed by atoms with Crippen LogP contribution in [0.4, 0.5) is 5.13 Å². The number of aromatic nitrogens is 1. The molecule has 114 valence electrons. The molecule has 1 atom stereocenters. The average molecular weight is 349 g/mol. The molecule has 0 aliphatic carbocycles. The fourth-order valence-electron chi connectivity index (χ4n) is 1.69. The Morgan fingerprint density at radius 2 is 2.19 bits per heavy atom. The number of halogens is 1. The number of ether oxygens (including phenoxy) is 2. The average Bonchev–Trinajstić information content (AvgIpc) is 2.90. The molecule has 1 aromatic heterocycles. The third-order valence-corrected chi connectivity index (χ3v) is 4.61. The molecule has 0 bridgehead atoms. The zero-order valence-corrected chi connectivity index (χ0v) is 13.7. The minimum absolute atomic E-state index is 0.153. The van der Waals surface area contributed by atoms with E-state index in [1.165, 1.54) is 17.6 Å². The highest BCUT2D eigenvalue weighted by atomic mass is 35.5. The van der Waals surface area contributed by atoms with Crippen molar-refractivity contribution in [3.05, 3.63) is 34.3 Å². The van der Waals surface area contributed by atoms with E-state index in [1.807, 2.05) is 0 Å². The van der Waals surface area contributed by atoms with Crippen molar-refractivity contribution in [2.75, 3.05) is 18.5 Å². The first-order valence-corrected chi connectivity index (χ1v) is 8.01. The number of anilines is 1. The molecule has 0 aliphatic rings. The second-order valence-electron chi connectivity index (χ2n) is 3.89. The van der Waals surface area contributed by atoms with Crippen LogP contribution >= 0.6 is 22.9 Å². The normalized spacial score (nSPS) is 12.0. The van der Waals surface area contributed by atoms with E-state index in [0.29, 0.717) is 21.0 Å². The van der Waals surface area contributed by atoms with Gasteiger partial charge in [-0.05, 0) is 12.1 Å². The first kappa shape index (κ1) is 16.0. The van der Waals surface area contributed by atoms with Gasteiger partial charge in [-0.2, -0.15) is 0 Å². The maximum Gasteiger partial charge on any atom is 0.264 e. The lowest BCUT2D eigenvalue weighted by Gasteiger charge is -2.18. The molecule has 1 N–H and O–H groups in total. The van der Waals surface area contributed by atoms with E-state index in [9.17, 15) is 8.76 Å². The lowest BCUT2D eigenvalue weighted by atomic mass is 10.2. The van der Waals surface area contributed by atoms with Crippen LogP contribution in [0.2, 0.25) is 4.34 Å². The lowest BCUT2D eigenvalue weighted by molar-refractivity contribution is 0.391. The van der Waals surface area contributed by atoms with Crippen LogP contribution in [0.1, 0.15) is 5.56 Å². The molecule has 9 heteroatoms. The summed E-state index contributed by atoms with van der Waals surface area (Å²) in [4.78, 5) is 4.02. The number of rotatable bonds is 6. The van der Waals surface area contributed by atoms with E-state index in [4.69, 9.17) is 21.1 Å². The maximum atomic E-state index is 11.5. The van der Waals surface area contributed by atoms with Gasteiger partial charge in [0.1, 0.15) is 15.8 Å². The largest absolute Gasteiger partial charge is 0.497 e. The minimum atomic E-state index is -2.22. The molecule has 0 amide bonds. The Morgan fingerprint density at radius 3 is 2.71 bits per heavy atom. The van der Waals surface area contributed by atoms with Gasteiger partial charge in [0.2, 0.25) is 5.13 Å². The summed E-state index contributed by atoms with van der Waals surface area (Å²) in [5.74, 6) is 1.21. The number of hydrogen-bond acceptors (Lipinski definition) is 5. The quantitative estimate of drug-likeness (QED) is 0.812. The van der Waals surface area contributed by atoms with Gasteiger partial charge in [-0.25, -0.2) is 13.5 Å². The lowest BCUT2D eigenvalue weighted by Crippen LogP contribution is -2.24. The van der Waals surface area contributed by atoms with Crippen molar-refractivity contribution >= 4 is 39.3 Å². The SMILES string of the molecule is COc1ccc(CN(c2ncc(Cl)s2)S(=O)O)c(OC)c1. The molecule has 0 aliphatic heterocycles. The molecule has 0 saturated carbocycles. The van der Waals surface area contributed by atoms with Gasteiger partial charge in [-0.15, -0.1) is 0 Å². The summed E-state index contributed by atoms with van der Waals surface area (Å²) in [6, 6.07) is 5.24. The van der Waals surface area contributed by atoms with Crippen molar-refractivity contribution in [3.8, 4) is 11.5 Å². The molecule has 0 saturated heterocycles. The molecule has 1 unspecified atom stereocenters. The molecule has 0 radical (unpaired) electrons. The molecular weight excluding hydrogens is 336 g/mol. The first-order valence-electron chi connectivity index (χ1n) is 5.76. The molecule has 0 fully saturated rings. The van der Waals surface area contributed by atoms with Gasteiger partial charge >= 0.3 is 0 Å². The molecule has 0 spiro atoms.